The Kier molecular flexibility index (Phi) is 7.35. The standard InChI is InChI=1S/C18H19Cl3O4/c1-25-18(24)8-12(23)7-11(22)3-5-14-15-6-10(19)2-4-13(15)16(20)9-17(14)21/h2,4,6,9,11-12,22-23H,3,5,7-8H2,1H3. The van der Waals surface area contributed by atoms with Crippen molar-refractivity contribution in [3.8, 4) is 0 Å². The maximum atomic E-state index is 11.1. The number of halogens is 3. The predicted molar refractivity (Wildman–Crippen MR) is 101 cm³/mol. The zero-order valence-corrected chi connectivity index (χ0v) is 15.9. The van der Waals surface area contributed by atoms with E-state index in [1.807, 2.05) is 6.07 Å². The largest absolute Gasteiger partial charge is 0.469 e. The fourth-order valence-electron chi connectivity index (χ4n) is 2.74. The fraction of sp³-hybridized carbons (Fsp3) is 0.389. The summed E-state index contributed by atoms with van der Waals surface area (Å²) in [5.74, 6) is -0.513. The molecule has 4 nitrogen and oxygen atoms in total. The number of rotatable bonds is 7. The van der Waals surface area contributed by atoms with E-state index in [4.69, 9.17) is 34.8 Å². The molecule has 0 aliphatic rings. The van der Waals surface area contributed by atoms with E-state index in [0.717, 1.165) is 16.3 Å². The number of esters is 1. The lowest BCUT2D eigenvalue weighted by atomic mass is 9.97. The number of aryl methyl sites for hydroxylation is 1. The first-order valence-electron chi connectivity index (χ1n) is 7.81. The van der Waals surface area contributed by atoms with E-state index in [1.165, 1.54) is 7.11 Å². The Hall–Kier alpha value is -1.04. The summed E-state index contributed by atoms with van der Waals surface area (Å²) in [7, 11) is 1.25. The van der Waals surface area contributed by atoms with Crippen molar-refractivity contribution in [2.24, 2.45) is 0 Å². The molecule has 0 amide bonds. The Morgan fingerprint density at radius 3 is 2.48 bits per heavy atom. The second-order valence-electron chi connectivity index (χ2n) is 5.87. The van der Waals surface area contributed by atoms with E-state index in [-0.39, 0.29) is 12.8 Å². The lowest BCUT2D eigenvalue weighted by Crippen LogP contribution is -2.21. The van der Waals surface area contributed by atoms with Crippen LogP contribution in [0.1, 0.15) is 24.8 Å². The highest BCUT2D eigenvalue weighted by Crippen LogP contribution is 2.35. The molecule has 25 heavy (non-hydrogen) atoms. The minimum atomic E-state index is -0.950. The summed E-state index contributed by atoms with van der Waals surface area (Å²) in [5, 5.41) is 23.2. The Morgan fingerprint density at radius 1 is 1.08 bits per heavy atom. The number of methoxy groups -OCH3 is 1. The minimum Gasteiger partial charge on any atom is -0.469 e. The molecular weight excluding hydrogens is 387 g/mol. The molecule has 7 heteroatoms. The number of benzene rings is 2. The van der Waals surface area contributed by atoms with Crippen LogP contribution in [-0.2, 0) is 16.0 Å². The Balaban J connectivity index is 2.10. The van der Waals surface area contributed by atoms with Gasteiger partial charge in [0.1, 0.15) is 0 Å². The van der Waals surface area contributed by atoms with Crippen LogP contribution in [0, 0.1) is 0 Å². The molecule has 0 radical (unpaired) electrons. The van der Waals surface area contributed by atoms with E-state index in [9.17, 15) is 15.0 Å². The van der Waals surface area contributed by atoms with Gasteiger partial charge in [0.05, 0.1) is 25.7 Å². The monoisotopic (exact) mass is 404 g/mol. The number of aliphatic hydroxyl groups is 2. The first-order chi connectivity index (χ1) is 11.8. The lowest BCUT2D eigenvalue weighted by Gasteiger charge is -2.16. The molecule has 0 spiro atoms. The molecule has 0 aliphatic carbocycles. The summed E-state index contributed by atoms with van der Waals surface area (Å²) >= 11 is 18.6. The summed E-state index contributed by atoms with van der Waals surface area (Å²) in [5.41, 5.74) is 0.838. The van der Waals surface area contributed by atoms with Gasteiger partial charge >= 0.3 is 5.97 Å². The van der Waals surface area contributed by atoms with Crippen LogP contribution in [-0.4, -0.2) is 35.5 Å². The molecule has 136 valence electrons. The number of carbonyl (C=O) groups is 1. The van der Waals surface area contributed by atoms with Gasteiger partial charge in [-0.15, -0.1) is 0 Å². The highest BCUT2D eigenvalue weighted by Gasteiger charge is 2.17. The van der Waals surface area contributed by atoms with Gasteiger partial charge in [-0.05, 0) is 48.4 Å². The molecule has 2 aromatic rings. The van der Waals surface area contributed by atoms with Gasteiger partial charge in [0.2, 0.25) is 0 Å². The van der Waals surface area contributed by atoms with E-state index in [1.54, 1.807) is 18.2 Å². The molecule has 0 aromatic heterocycles. The number of fused-ring (bicyclic) bond motifs is 1. The average molecular weight is 406 g/mol. The van der Waals surface area contributed by atoms with E-state index >= 15 is 0 Å². The second-order valence-corrected chi connectivity index (χ2v) is 7.12. The van der Waals surface area contributed by atoms with Crippen LogP contribution in [0.4, 0.5) is 0 Å². The smallest absolute Gasteiger partial charge is 0.308 e. The molecule has 0 fully saturated rings. The number of hydrogen-bond donors (Lipinski definition) is 2. The SMILES string of the molecule is COC(=O)CC(O)CC(O)CCc1c(Cl)cc(Cl)c2ccc(Cl)cc12. The third kappa shape index (κ3) is 5.47. The predicted octanol–water partition coefficient (Wildman–Crippen LogP) is 4.41. The van der Waals surface area contributed by atoms with Crippen LogP contribution in [0.3, 0.4) is 0 Å². The summed E-state index contributed by atoms with van der Waals surface area (Å²) < 4.78 is 4.50. The maximum Gasteiger partial charge on any atom is 0.308 e. The number of aliphatic hydroxyl groups excluding tert-OH is 2. The summed E-state index contributed by atoms with van der Waals surface area (Å²) in [4.78, 5) is 11.1. The summed E-state index contributed by atoms with van der Waals surface area (Å²) in [6.07, 6.45) is -0.928. The summed E-state index contributed by atoms with van der Waals surface area (Å²) in [6, 6.07) is 7.05. The minimum absolute atomic E-state index is 0.0823. The molecule has 2 rings (SSSR count). The van der Waals surface area contributed by atoms with Gasteiger partial charge < -0.3 is 14.9 Å². The fourth-order valence-corrected chi connectivity index (χ4v) is 3.54. The van der Waals surface area contributed by atoms with Gasteiger partial charge in [-0.1, -0.05) is 40.9 Å². The first-order valence-corrected chi connectivity index (χ1v) is 8.94. The third-order valence-corrected chi connectivity index (χ3v) is 4.89. The van der Waals surface area contributed by atoms with E-state index in [0.29, 0.717) is 27.9 Å². The molecule has 2 N–H and O–H groups in total. The van der Waals surface area contributed by atoms with Gasteiger partial charge in [0.15, 0.2) is 0 Å². The molecule has 2 aromatic carbocycles. The second kappa shape index (κ2) is 9.06. The van der Waals surface area contributed by atoms with E-state index in [2.05, 4.69) is 4.74 Å². The van der Waals surface area contributed by atoms with E-state index < -0.39 is 18.2 Å². The molecule has 0 aliphatic heterocycles. The number of hydrogen-bond acceptors (Lipinski definition) is 4. The van der Waals surface area contributed by atoms with Crippen molar-refractivity contribution in [1.29, 1.82) is 0 Å². The Morgan fingerprint density at radius 2 is 1.80 bits per heavy atom. The quantitative estimate of drug-likeness (QED) is 0.670. The van der Waals surface area contributed by atoms with Crippen LogP contribution in [0.15, 0.2) is 24.3 Å². The molecular formula is C18H19Cl3O4. The topological polar surface area (TPSA) is 66.8 Å². The van der Waals surface area contributed by atoms with Gasteiger partial charge in [-0.2, -0.15) is 0 Å². The van der Waals surface area contributed by atoms with Crippen LogP contribution in [0.5, 0.6) is 0 Å². The number of ether oxygens (including phenoxy) is 1. The lowest BCUT2D eigenvalue weighted by molar-refractivity contribution is -0.143. The van der Waals surface area contributed by atoms with Crippen molar-refractivity contribution < 1.29 is 19.7 Å². The zero-order valence-electron chi connectivity index (χ0n) is 13.6. The van der Waals surface area contributed by atoms with Gasteiger partial charge in [0, 0.05) is 20.5 Å². The summed E-state index contributed by atoms with van der Waals surface area (Å²) in [6.45, 7) is 0. The average Bonchev–Trinajstić information content (AvgIpc) is 2.53. The van der Waals surface area contributed by atoms with Crippen molar-refractivity contribution in [2.75, 3.05) is 7.11 Å². The molecule has 0 bridgehead atoms. The third-order valence-electron chi connectivity index (χ3n) is 4.01. The van der Waals surface area contributed by atoms with Crippen molar-refractivity contribution in [1.82, 2.24) is 0 Å². The van der Waals surface area contributed by atoms with Gasteiger partial charge in [-0.3, -0.25) is 4.79 Å². The van der Waals surface area contributed by atoms with Crippen LogP contribution in [0.25, 0.3) is 10.8 Å². The highest BCUT2D eigenvalue weighted by molar-refractivity contribution is 6.40. The molecule has 0 saturated heterocycles. The molecule has 2 unspecified atom stereocenters. The van der Waals surface area contributed by atoms with Crippen molar-refractivity contribution in [3.05, 3.63) is 44.9 Å². The molecule has 0 saturated carbocycles. The zero-order chi connectivity index (χ0) is 18.6. The first kappa shape index (κ1) is 20.3. The van der Waals surface area contributed by atoms with Crippen LogP contribution in [0.2, 0.25) is 15.1 Å². The highest BCUT2D eigenvalue weighted by atomic mass is 35.5. The maximum absolute atomic E-state index is 11.1. The normalized spacial score (nSPS) is 13.7. The molecule has 0 heterocycles. The van der Waals surface area contributed by atoms with Crippen LogP contribution >= 0.6 is 34.8 Å². The van der Waals surface area contributed by atoms with Crippen LogP contribution < -0.4 is 0 Å². The van der Waals surface area contributed by atoms with Crippen molar-refractivity contribution in [2.45, 2.75) is 37.9 Å². The van der Waals surface area contributed by atoms with Gasteiger partial charge in [0.25, 0.3) is 0 Å². The van der Waals surface area contributed by atoms with Crippen molar-refractivity contribution >= 4 is 51.5 Å². The Labute approximate surface area is 161 Å². The van der Waals surface area contributed by atoms with Gasteiger partial charge in [-0.25, -0.2) is 0 Å². The molecule has 2 atom stereocenters. The number of carbonyl (C=O) groups excluding carboxylic acids is 1. The van der Waals surface area contributed by atoms with Crippen molar-refractivity contribution in [3.63, 3.8) is 0 Å². The Bertz CT molecular complexity index is 764.